The van der Waals surface area contributed by atoms with Gasteiger partial charge in [-0.05, 0) is 18.6 Å². The Morgan fingerprint density at radius 2 is 0.976 bits per heavy atom. The molecule has 0 aliphatic heterocycles. The van der Waals surface area contributed by atoms with Gasteiger partial charge in [0.25, 0.3) is 0 Å². The van der Waals surface area contributed by atoms with Crippen LogP contribution in [0.1, 0.15) is 5.56 Å². The first-order valence-electron chi connectivity index (χ1n) is 10.8. The molecular formula is C20H30N2O15S4. The zero-order valence-electron chi connectivity index (χ0n) is 22.1. The number of aryl methyl sites for hydroxylation is 1. The summed E-state index contributed by atoms with van der Waals surface area (Å²) in [5.41, 5.74) is 12.2. The molecule has 0 saturated carbocycles. The van der Waals surface area contributed by atoms with Crippen LogP contribution >= 0.6 is 0 Å². The van der Waals surface area contributed by atoms with Crippen LogP contribution in [-0.2, 0) is 48.8 Å². The van der Waals surface area contributed by atoms with Gasteiger partial charge in [-0.2, -0.15) is 16.8 Å². The number of benzene rings is 2. The van der Waals surface area contributed by atoms with E-state index in [2.05, 4.69) is 8.37 Å². The van der Waals surface area contributed by atoms with Gasteiger partial charge in [0.05, 0.1) is 62.3 Å². The van der Waals surface area contributed by atoms with Gasteiger partial charge in [0.1, 0.15) is 22.1 Å². The van der Waals surface area contributed by atoms with E-state index in [1.807, 2.05) is 0 Å². The Morgan fingerprint density at radius 3 is 1.37 bits per heavy atom. The van der Waals surface area contributed by atoms with Crippen molar-refractivity contribution in [3.8, 4) is 17.2 Å². The Labute approximate surface area is 238 Å². The maximum absolute atomic E-state index is 12.1. The van der Waals surface area contributed by atoms with Crippen LogP contribution in [0.25, 0.3) is 0 Å². The normalized spacial score (nSPS) is 12.2. The molecule has 2 aromatic rings. The second-order valence-corrected chi connectivity index (χ2v) is 14.1. The molecule has 41 heavy (non-hydrogen) atoms. The van der Waals surface area contributed by atoms with E-state index in [0.29, 0.717) is 5.56 Å². The molecule has 0 unspecified atom stereocenters. The Hall–Kier alpha value is -2.92. The minimum absolute atomic E-state index is 0.0137. The fraction of sp³-hybridized carbons (Fsp3) is 0.400. The minimum Gasteiger partial charge on any atom is -0.495 e. The van der Waals surface area contributed by atoms with Gasteiger partial charge in [-0.1, -0.05) is 0 Å². The number of rotatable bonds is 13. The summed E-state index contributed by atoms with van der Waals surface area (Å²) >= 11 is 0. The van der Waals surface area contributed by atoms with Crippen molar-refractivity contribution in [2.75, 3.05) is 57.5 Å². The Balaban J connectivity index is 0.000000410. The highest BCUT2D eigenvalue weighted by atomic mass is 32.3. The van der Waals surface area contributed by atoms with Crippen LogP contribution in [0.3, 0.4) is 0 Å². The Morgan fingerprint density at radius 1 is 0.610 bits per heavy atom. The quantitative estimate of drug-likeness (QED) is 0.162. The maximum atomic E-state index is 12.1. The van der Waals surface area contributed by atoms with Crippen LogP contribution in [0.15, 0.2) is 34.1 Å². The molecule has 2 rings (SSSR count). The number of anilines is 2. The van der Waals surface area contributed by atoms with Crippen LogP contribution in [0.2, 0.25) is 0 Å². The van der Waals surface area contributed by atoms with Crippen molar-refractivity contribution in [1.82, 2.24) is 0 Å². The Kier molecular flexibility index (Phi) is 12.6. The maximum Gasteiger partial charge on any atom is 0.397 e. The third-order valence-electron chi connectivity index (χ3n) is 4.88. The van der Waals surface area contributed by atoms with E-state index in [0.717, 1.165) is 6.07 Å². The number of nitrogens with two attached hydrogens (primary N) is 2. The second-order valence-electron chi connectivity index (χ2n) is 7.74. The van der Waals surface area contributed by atoms with Crippen LogP contribution in [0.4, 0.5) is 11.4 Å². The minimum atomic E-state index is -4.70. The third-order valence-corrected chi connectivity index (χ3v) is 9.32. The molecule has 0 saturated heterocycles. The summed E-state index contributed by atoms with van der Waals surface area (Å²) in [6, 6.07) is 5.13. The van der Waals surface area contributed by atoms with Crippen molar-refractivity contribution >= 4 is 51.8 Å². The third kappa shape index (κ3) is 11.5. The lowest BCUT2D eigenvalue weighted by Gasteiger charge is -2.13. The molecule has 17 nitrogen and oxygen atoms in total. The van der Waals surface area contributed by atoms with Crippen molar-refractivity contribution in [1.29, 1.82) is 0 Å². The van der Waals surface area contributed by atoms with E-state index in [1.165, 1.54) is 39.5 Å². The lowest BCUT2D eigenvalue weighted by Crippen LogP contribution is -2.16. The first-order chi connectivity index (χ1) is 18.7. The topological polar surface area (TPSA) is 275 Å². The summed E-state index contributed by atoms with van der Waals surface area (Å²) in [5, 5.41) is 0. The molecule has 0 heterocycles. The van der Waals surface area contributed by atoms with Gasteiger partial charge in [-0.3, -0.25) is 9.11 Å². The molecule has 234 valence electrons. The predicted octanol–water partition coefficient (Wildman–Crippen LogP) is 0.0580. The molecule has 21 heteroatoms. The summed E-state index contributed by atoms with van der Waals surface area (Å²) in [5.74, 6) is -0.980. The first-order valence-corrected chi connectivity index (χ1v) is 16.9. The number of hydrogen-bond donors (Lipinski definition) is 4. The number of hydrogen-bond acceptors (Lipinski definition) is 15. The SMILES string of the molecule is COc1cc(S(=O)(=O)CCOS(=O)(=O)O)c(C)cc1N.COc1cc(S(=O)(=O)CCOS(=O)(=O)O)c(OC)cc1N. The average molecular weight is 667 g/mol. The van der Waals surface area contributed by atoms with E-state index in [4.69, 9.17) is 34.8 Å². The van der Waals surface area contributed by atoms with Crippen molar-refractivity contribution in [3.05, 3.63) is 29.8 Å². The van der Waals surface area contributed by atoms with E-state index in [-0.39, 0.29) is 38.4 Å². The van der Waals surface area contributed by atoms with E-state index in [1.54, 1.807) is 6.92 Å². The summed E-state index contributed by atoms with van der Waals surface area (Å²) in [4.78, 5) is -0.266. The molecule has 0 atom stereocenters. The average Bonchev–Trinajstić information content (AvgIpc) is 2.82. The summed E-state index contributed by atoms with van der Waals surface area (Å²) in [6.07, 6.45) is 0. The highest BCUT2D eigenvalue weighted by Crippen LogP contribution is 2.34. The van der Waals surface area contributed by atoms with Gasteiger partial charge in [-0.25, -0.2) is 25.2 Å². The van der Waals surface area contributed by atoms with Gasteiger partial charge in [0, 0.05) is 18.2 Å². The zero-order chi connectivity index (χ0) is 31.8. The summed E-state index contributed by atoms with van der Waals surface area (Å²) in [6.45, 7) is 0.122. The van der Waals surface area contributed by atoms with Gasteiger partial charge < -0.3 is 25.7 Å². The zero-order valence-corrected chi connectivity index (χ0v) is 25.4. The highest BCUT2D eigenvalue weighted by molar-refractivity contribution is 7.91. The van der Waals surface area contributed by atoms with Crippen molar-refractivity contribution in [3.63, 3.8) is 0 Å². The van der Waals surface area contributed by atoms with Crippen molar-refractivity contribution in [2.45, 2.75) is 16.7 Å². The second kappa shape index (κ2) is 14.3. The van der Waals surface area contributed by atoms with E-state index in [9.17, 15) is 33.7 Å². The highest BCUT2D eigenvalue weighted by Gasteiger charge is 2.23. The molecule has 2 aromatic carbocycles. The molecular weight excluding hydrogens is 636 g/mol. The van der Waals surface area contributed by atoms with Gasteiger partial charge in [0.2, 0.25) is 0 Å². The molecule has 0 aliphatic rings. The van der Waals surface area contributed by atoms with Crippen molar-refractivity contribution < 1.29 is 65.4 Å². The van der Waals surface area contributed by atoms with Crippen molar-refractivity contribution in [2.24, 2.45) is 0 Å². The molecule has 0 amide bonds. The van der Waals surface area contributed by atoms with Gasteiger partial charge in [-0.15, -0.1) is 0 Å². The van der Waals surface area contributed by atoms with Crippen LogP contribution in [0.5, 0.6) is 17.2 Å². The Bertz CT molecular complexity index is 1650. The largest absolute Gasteiger partial charge is 0.495 e. The monoisotopic (exact) mass is 666 g/mol. The molecule has 6 N–H and O–H groups in total. The summed E-state index contributed by atoms with van der Waals surface area (Å²) < 4.78 is 130. The van der Waals surface area contributed by atoms with Gasteiger partial charge in [0.15, 0.2) is 19.7 Å². The first kappa shape index (κ1) is 36.1. The molecule has 0 spiro atoms. The molecule has 0 bridgehead atoms. The summed E-state index contributed by atoms with van der Waals surface area (Å²) in [7, 11) is -13.2. The molecule has 0 aromatic heterocycles. The number of nitrogen functional groups attached to an aromatic ring is 2. The standard InChI is InChI=1S/C10H15NO8S2.C10H15NO7S2/c1-17-8-6-10(9(18-2)5-7(8)11)20(12,13)4-3-19-21(14,15)16;1-7-5-8(11)9(17-2)6-10(7)19(12,13)4-3-18-20(14,15)16/h5-6H,3-4,11H2,1-2H3,(H,14,15,16);5-6H,3-4,11H2,1-2H3,(H,14,15,16). The lowest BCUT2D eigenvalue weighted by molar-refractivity contribution is 0.282. The van der Waals surface area contributed by atoms with Crippen LogP contribution in [-0.4, -0.2) is 88.8 Å². The predicted molar refractivity (Wildman–Crippen MR) is 145 cm³/mol. The van der Waals surface area contributed by atoms with Crippen LogP contribution < -0.4 is 25.7 Å². The molecule has 0 radical (unpaired) electrons. The fourth-order valence-electron chi connectivity index (χ4n) is 3.06. The molecule has 0 aliphatic carbocycles. The van der Waals surface area contributed by atoms with Gasteiger partial charge >= 0.3 is 20.8 Å². The smallest absolute Gasteiger partial charge is 0.397 e. The lowest BCUT2D eigenvalue weighted by atomic mass is 10.2. The molecule has 0 fully saturated rings. The van der Waals surface area contributed by atoms with E-state index >= 15 is 0 Å². The number of ether oxygens (including phenoxy) is 3. The number of methoxy groups -OCH3 is 3. The van der Waals surface area contributed by atoms with Crippen LogP contribution in [0, 0.1) is 6.92 Å². The number of sulfone groups is 2. The fourth-order valence-corrected chi connectivity index (χ4v) is 6.47. The van der Waals surface area contributed by atoms with E-state index < -0.39 is 65.2 Å².